The van der Waals surface area contributed by atoms with Crippen molar-refractivity contribution in [2.45, 2.75) is 18.9 Å². The van der Waals surface area contributed by atoms with Gasteiger partial charge < -0.3 is 14.1 Å². The number of likely N-dealkylation sites (tertiary alicyclic amines) is 1. The first-order chi connectivity index (χ1) is 12.5. The molecule has 8 heteroatoms. The van der Waals surface area contributed by atoms with Crippen molar-refractivity contribution in [2.75, 3.05) is 19.7 Å². The van der Waals surface area contributed by atoms with Gasteiger partial charge >= 0.3 is 11.7 Å². The smallest absolute Gasteiger partial charge is 0.417 e. The number of ether oxygens (including phenoxy) is 1. The molecule has 0 unspecified atom stereocenters. The van der Waals surface area contributed by atoms with E-state index in [0.717, 1.165) is 4.90 Å². The van der Waals surface area contributed by atoms with Crippen molar-refractivity contribution in [3.8, 4) is 0 Å². The van der Waals surface area contributed by atoms with Gasteiger partial charge in [-0.3, -0.25) is 9.59 Å². The summed E-state index contributed by atoms with van der Waals surface area (Å²) < 4.78 is 9.95. The van der Waals surface area contributed by atoms with Gasteiger partial charge in [-0.05, 0) is 25.0 Å². The second kappa shape index (κ2) is 6.29. The van der Waals surface area contributed by atoms with Crippen molar-refractivity contribution in [3.63, 3.8) is 0 Å². The molecule has 8 nitrogen and oxygen atoms in total. The van der Waals surface area contributed by atoms with E-state index in [1.54, 1.807) is 29.2 Å². The molecule has 3 amide bonds. The number of hydrogen-bond acceptors (Lipinski definition) is 6. The maximum Gasteiger partial charge on any atom is 0.417 e. The van der Waals surface area contributed by atoms with E-state index in [2.05, 4.69) is 0 Å². The topological polar surface area (TPSA) is 97.1 Å². The summed E-state index contributed by atoms with van der Waals surface area (Å²) in [6.07, 6.45) is 0.270. The van der Waals surface area contributed by atoms with Crippen molar-refractivity contribution in [1.82, 2.24) is 9.80 Å². The van der Waals surface area contributed by atoms with Gasteiger partial charge in [-0.25, -0.2) is 14.5 Å². The fraction of sp³-hybridized carbons (Fsp3) is 0.333. The Labute approximate surface area is 147 Å². The maximum atomic E-state index is 12.7. The molecule has 0 saturated carbocycles. The van der Waals surface area contributed by atoms with Crippen molar-refractivity contribution in [2.24, 2.45) is 0 Å². The van der Waals surface area contributed by atoms with Crippen LogP contribution in [-0.2, 0) is 9.53 Å². The lowest BCUT2D eigenvalue weighted by atomic mass is 10.0. The molecule has 0 spiro atoms. The minimum atomic E-state index is -0.672. The molecule has 3 heterocycles. The normalized spacial score (nSPS) is 18.5. The van der Waals surface area contributed by atoms with Crippen molar-refractivity contribution in [3.05, 3.63) is 46.3 Å². The zero-order valence-electron chi connectivity index (χ0n) is 13.8. The van der Waals surface area contributed by atoms with E-state index in [1.807, 2.05) is 0 Å². The highest BCUT2D eigenvalue weighted by Crippen LogP contribution is 2.22. The molecule has 2 saturated heterocycles. The second-order valence-corrected chi connectivity index (χ2v) is 6.33. The van der Waals surface area contributed by atoms with Crippen LogP contribution in [0.3, 0.4) is 0 Å². The highest BCUT2D eigenvalue weighted by molar-refractivity contribution is 5.98. The summed E-state index contributed by atoms with van der Waals surface area (Å²) in [7, 11) is 0. The third-order valence-electron chi connectivity index (χ3n) is 4.77. The zero-order valence-corrected chi connectivity index (χ0v) is 13.8. The van der Waals surface area contributed by atoms with Crippen LogP contribution in [0, 0.1) is 0 Å². The number of hydrogen-bond donors (Lipinski definition) is 0. The Morgan fingerprint density at radius 2 is 1.81 bits per heavy atom. The summed E-state index contributed by atoms with van der Waals surface area (Å²) in [6.45, 7) is 0.454. The number of fused-ring (bicyclic) bond motifs is 1. The highest BCUT2D eigenvalue weighted by Gasteiger charge is 2.39. The molecule has 0 N–H and O–H groups in total. The van der Waals surface area contributed by atoms with E-state index < -0.39 is 17.6 Å². The lowest BCUT2D eigenvalue weighted by Crippen LogP contribution is -2.49. The molecule has 2 aliphatic rings. The van der Waals surface area contributed by atoms with E-state index in [1.165, 1.54) is 6.07 Å². The van der Waals surface area contributed by atoms with Crippen molar-refractivity contribution >= 4 is 28.9 Å². The quantitative estimate of drug-likeness (QED) is 0.754. The first-order valence-corrected chi connectivity index (χ1v) is 8.35. The Balaban J connectivity index is 1.50. The molecule has 1 aromatic carbocycles. The minimum Gasteiger partial charge on any atom is -0.439 e. The molecule has 2 fully saturated rings. The lowest BCUT2D eigenvalue weighted by Gasteiger charge is -2.34. The van der Waals surface area contributed by atoms with E-state index in [9.17, 15) is 19.2 Å². The molecule has 0 radical (unpaired) electrons. The summed E-state index contributed by atoms with van der Waals surface area (Å²) in [5, 5.41) is 0.677. The first-order valence-electron chi connectivity index (χ1n) is 8.35. The summed E-state index contributed by atoms with van der Waals surface area (Å²) >= 11 is 0. The molecular formula is C18H16N2O6. The van der Waals surface area contributed by atoms with E-state index in [-0.39, 0.29) is 24.1 Å². The number of imide groups is 1. The molecule has 2 aromatic rings. The molecule has 134 valence electrons. The molecule has 26 heavy (non-hydrogen) atoms. The average molecular weight is 356 g/mol. The SMILES string of the molecule is O=C(c1cc2ccccc2oc1=O)N1CCC(N2C(=O)COC2=O)CC1. The minimum absolute atomic E-state index is 0.0150. The van der Waals surface area contributed by atoms with Crippen LogP contribution in [0.25, 0.3) is 11.0 Å². The summed E-state index contributed by atoms with van der Waals surface area (Å²) in [4.78, 5) is 50.9. The third-order valence-corrected chi connectivity index (χ3v) is 4.77. The Morgan fingerprint density at radius 1 is 1.08 bits per heavy atom. The lowest BCUT2D eigenvalue weighted by molar-refractivity contribution is -0.127. The van der Waals surface area contributed by atoms with Crippen LogP contribution in [-0.4, -0.2) is 53.4 Å². The Bertz CT molecular complexity index is 942. The Hall–Kier alpha value is -3.16. The van der Waals surface area contributed by atoms with Crippen molar-refractivity contribution < 1.29 is 23.5 Å². The number of benzene rings is 1. The first kappa shape index (κ1) is 16.3. The largest absolute Gasteiger partial charge is 0.439 e. The Morgan fingerprint density at radius 3 is 2.50 bits per heavy atom. The third kappa shape index (κ3) is 2.73. The van der Waals surface area contributed by atoms with Gasteiger partial charge in [0, 0.05) is 24.5 Å². The van der Waals surface area contributed by atoms with Gasteiger partial charge in [-0.1, -0.05) is 18.2 Å². The second-order valence-electron chi connectivity index (χ2n) is 6.33. The number of piperidine rings is 1. The summed E-state index contributed by atoms with van der Waals surface area (Å²) in [5.41, 5.74) is -0.258. The molecule has 4 rings (SSSR count). The average Bonchev–Trinajstić information content (AvgIpc) is 2.99. The van der Waals surface area contributed by atoms with Crippen LogP contribution < -0.4 is 5.63 Å². The van der Waals surface area contributed by atoms with Gasteiger partial charge in [-0.15, -0.1) is 0 Å². The van der Waals surface area contributed by atoms with Gasteiger partial charge in [0.15, 0.2) is 6.61 Å². The number of rotatable bonds is 2. The van der Waals surface area contributed by atoms with E-state index in [4.69, 9.17) is 9.15 Å². The van der Waals surface area contributed by atoms with Gasteiger partial charge in [0.2, 0.25) is 0 Å². The highest BCUT2D eigenvalue weighted by atomic mass is 16.6. The van der Waals surface area contributed by atoms with Crippen LogP contribution in [0.1, 0.15) is 23.2 Å². The fourth-order valence-electron chi connectivity index (χ4n) is 3.43. The molecular weight excluding hydrogens is 340 g/mol. The predicted molar refractivity (Wildman–Crippen MR) is 89.6 cm³/mol. The number of cyclic esters (lactones) is 1. The number of nitrogens with zero attached hydrogens (tertiary/aromatic N) is 2. The van der Waals surface area contributed by atoms with Gasteiger partial charge in [0.1, 0.15) is 11.1 Å². The molecule has 1 aromatic heterocycles. The monoisotopic (exact) mass is 356 g/mol. The Kier molecular flexibility index (Phi) is 3.95. The molecule has 0 aliphatic carbocycles. The zero-order chi connectivity index (χ0) is 18.3. The molecule has 0 atom stereocenters. The number of amides is 3. The van der Waals surface area contributed by atoms with Gasteiger partial charge in [-0.2, -0.15) is 0 Å². The van der Waals surface area contributed by atoms with Gasteiger partial charge in [0.25, 0.3) is 11.8 Å². The van der Waals surface area contributed by atoms with Crippen LogP contribution in [0.5, 0.6) is 0 Å². The van der Waals surface area contributed by atoms with Gasteiger partial charge in [0.05, 0.1) is 0 Å². The number of para-hydroxylation sites is 1. The number of carbonyl (C=O) groups is 3. The summed E-state index contributed by atoms with van der Waals surface area (Å²) in [5.74, 6) is -0.756. The van der Waals surface area contributed by atoms with Crippen LogP contribution in [0.4, 0.5) is 4.79 Å². The predicted octanol–water partition coefficient (Wildman–Crippen LogP) is 1.38. The van der Waals surface area contributed by atoms with Crippen LogP contribution >= 0.6 is 0 Å². The fourth-order valence-corrected chi connectivity index (χ4v) is 3.43. The standard InChI is InChI=1S/C18H16N2O6/c21-15-10-25-18(24)20(15)12-5-7-19(8-6-12)16(22)13-9-11-3-1-2-4-14(11)26-17(13)23/h1-4,9,12H,5-8,10H2. The molecule has 0 bridgehead atoms. The van der Waals surface area contributed by atoms with E-state index in [0.29, 0.717) is 36.9 Å². The van der Waals surface area contributed by atoms with Crippen LogP contribution in [0.2, 0.25) is 0 Å². The maximum absolute atomic E-state index is 12.7. The van der Waals surface area contributed by atoms with Crippen LogP contribution in [0.15, 0.2) is 39.5 Å². The van der Waals surface area contributed by atoms with Crippen molar-refractivity contribution in [1.29, 1.82) is 0 Å². The summed E-state index contributed by atoms with van der Waals surface area (Å²) in [6, 6.07) is 8.25. The van der Waals surface area contributed by atoms with E-state index >= 15 is 0 Å². The number of carbonyl (C=O) groups excluding carboxylic acids is 3. The molecule has 2 aliphatic heterocycles.